The highest BCUT2D eigenvalue weighted by Crippen LogP contribution is 2.31. The second-order valence-electron chi connectivity index (χ2n) is 5.81. The fraction of sp³-hybridized carbons (Fsp3) is 0.333. The van der Waals surface area contributed by atoms with E-state index in [0.717, 1.165) is 53.2 Å². The van der Waals surface area contributed by atoms with E-state index in [1.165, 1.54) is 0 Å². The van der Waals surface area contributed by atoms with Gasteiger partial charge in [-0.3, -0.25) is 4.57 Å². The van der Waals surface area contributed by atoms with E-state index in [-0.39, 0.29) is 0 Å². The van der Waals surface area contributed by atoms with Crippen molar-refractivity contribution in [2.75, 3.05) is 12.4 Å². The fourth-order valence-corrected chi connectivity index (χ4v) is 3.93. The van der Waals surface area contributed by atoms with E-state index in [4.69, 9.17) is 9.15 Å². The number of thioether (sulfide) groups is 1. The van der Waals surface area contributed by atoms with Gasteiger partial charge in [0.05, 0.1) is 17.9 Å². The molecule has 3 aromatic rings. The predicted octanol–water partition coefficient (Wildman–Crippen LogP) is 4.11. The Morgan fingerprint density at radius 1 is 1.21 bits per heavy atom. The van der Waals surface area contributed by atoms with Gasteiger partial charge >= 0.3 is 0 Å². The lowest BCUT2D eigenvalue weighted by Gasteiger charge is -2.11. The second kappa shape index (κ2) is 6.83. The molecule has 3 heterocycles. The topological polar surface area (TPSA) is 53.1 Å². The van der Waals surface area contributed by atoms with Crippen LogP contribution in [-0.4, -0.2) is 33.2 Å². The van der Waals surface area contributed by atoms with Crippen LogP contribution in [0.25, 0.3) is 17.1 Å². The van der Waals surface area contributed by atoms with Crippen LogP contribution in [0.4, 0.5) is 0 Å². The smallest absolute Gasteiger partial charge is 0.196 e. The van der Waals surface area contributed by atoms with E-state index in [0.29, 0.717) is 6.10 Å². The number of aromatic nitrogens is 3. The molecule has 4 rings (SSSR count). The summed E-state index contributed by atoms with van der Waals surface area (Å²) in [5.41, 5.74) is 2.02. The molecule has 0 spiro atoms. The summed E-state index contributed by atoms with van der Waals surface area (Å²) in [5, 5.41) is 9.74. The number of benzene rings is 1. The molecule has 124 valence electrons. The number of nitrogens with zero attached hydrogens (tertiary/aromatic N) is 3. The van der Waals surface area contributed by atoms with Crippen LogP contribution in [0.3, 0.4) is 0 Å². The molecule has 0 amide bonds. The molecule has 1 saturated heterocycles. The Labute approximate surface area is 145 Å². The SMILES string of the molecule is Cc1occc1-c1nnc(SC[C@@H]2CCCO2)n1-c1ccccc1. The van der Waals surface area contributed by atoms with Crippen LogP contribution >= 0.6 is 11.8 Å². The van der Waals surface area contributed by atoms with Crippen LogP contribution in [0.2, 0.25) is 0 Å². The molecule has 1 aromatic carbocycles. The Hall–Kier alpha value is -2.05. The van der Waals surface area contributed by atoms with E-state index >= 15 is 0 Å². The Morgan fingerprint density at radius 2 is 2.08 bits per heavy atom. The van der Waals surface area contributed by atoms with Crippen LogP contribution in [0, 0.1) is 6.92 Å². The monoisotopic (exact) mass is 341 g/mol. The first-order valence-corrected chi connectivity index (χ1v) is 9.11. The minimum Gasteiger partial charge on any atom is -0.469 e. The number of para-hydroxylation sites is 1. The third-order valence-corrected chi connectivity index (χ3v) is 5.23. The summed E-state index contributed by atoms with van der Waals surface area (Å²) < 4.78 is 13.3. The molecule has 1 aliphatic heterocycles. The Bertz CT molecular complexity index is 807. The van der Waals surface area contributed by atoms with Gasteiger partial charge in [0, 0.05) is 18.0 Å². The van der Waals surface area contributed by atoms with Gasteiger partial charge in [0.2, 0.25) is 0 Å². The lowest BCUT2D eigenvalue weighted by Crippen LogP contribution is -2.09. The summed E-state index contributed by atoms with van der Waals surface area (Å²) in [7, 11) is 0. The summed E-state index contributed by atoms with van der Waals surface area (Å²) in [4.78, 5) is 0. The third kappa shape index (κ3) is 2.99. The molecule has 0 unspecified atom stereocenters. The van der Waals surface area contributed by atoms with Crippen LogP contribution in [0.15, 0.2) is 52.2 Å². The Balaban J connectivity index is 1.71. The van der Waals surface area contributed by atoms with Crippen molar-refractivity contribution in [3.05, 3.63) is 48.4 Å². The Morgan fingerprint density at radius 3 is 2.79 bits per heavy atom. The van der Waals surface area contributed by atoms with Gasteiger partial charge < -0.3 is 9.15 Å². The zero-order valence-electron chi connectivity index (χ0n) is 13.5. The van der Waals surface area contributed by atoms with E-state index in [9.17, 15) is 0 Å². The highest BCUT2D eigenvalue weighted by molar-refractivity contribution is 7.99. The van der Waals surface area contributed by atoms with Crippen molar-refractivity contribution in [3.63, 3.8) is 0 Å². The Kier molecular flexibility index (Phi) is 4.40. The van der Waals surface area contributed by atoms with Crippen molar-refractivity contribution in [2.24, 2.45) is 0 Å². The number of aryl methyl sites for hydroxylation is 1. The summed E-state index contributed by atoms with van der Waals surface area (Å²) in [5.74, 6) is 2.55. The zero-order chi connectivity index (χ0) is 16.4. The molecule has 5 nitrogen and oxygen atoms in total. The number of hydrogen-bond acceptors (Lipinski definition) is 5. The molecule has 0 aliphatic carbocycles. The van der Waals surface area contributed by atoms with Crippen LogP contribution in [-0.2, 0) is 4.74 Å². The maximum Gasteiger partial charge on any atom is 0.196 e. The lowest BCUT2D eigenvalue weighted by molar-refractivity contribution is 0.129. The molecule has 0 bridgehead atoms. The maximum atomic E-state index is 5.73. The van der Waals surface area contributed by atoms with Gasteiger partial charge in [0.25, 0.3) is 0 Å². The fourth-order valence-electron chi connectivity index (χ4n) is 2.91. The molecule has 24 heavy (non-hydrogen) atoms. The average Bonchev–Trinajstić information content (AvgIpc) is 3.34. The van der Waals surface area contributed by atoms with E-state index in [1.807, 2.05) is 31.2 Å². The van der Waals surface area contributed by atoms with Crippen molar-refractivity contribution in [1.29, 1.82) is 0 Å². The van der Waals surface area contributed by atoms with Crippen LogP contribution < -0.4 is 0 Å². The van der Waals surface area contributed by atoms with Crippen molar-refractivity contribution in [1.82, 2.24) is 14.8 Å². The molecular formula is C18H19N3O2S. The summed E-state index contributed by atoms with van der Waals surface area (Å²) in [6, 6.07) is 12.1. The van der Waals surface area contributed by atoms with Crippen molar-refractivity contribution >= 4 is 11.8 Å². The quantitative estimate of drug-likeness (QED) is 0.654. The molecule has 6 heteroatoms. The van der Waals surface area contributed by atoms with Gasteiger partial charge in [-0.15, -0.1) is 10.2 Å². The molecule has 1 aliphatic rings. The highest BCUT2D eigenvalue weighted by Gasteiger charge is 2.21. The van der Waals surface area contributed by atoms with E-state index in [2.05, 4.69) is 26.9 Å². The predicted molar refractivity (Wildman–Crippen MR) is 93.5 cm³/mol. The van der Waals surface area contributed by atoms with Crippen LogP contribution in [0.1, 0.15) is 18.6 Å². The summed E-state index contributed by atoms with van der Waals surface area (Å²) in [6.07, 6.45) is 4.28. The van der Waals surface area contributed by atoms with Gasteiger partial charge in [0.15, 0.2) is 11.0 Å². The summed E-state index contributed by atoms with van der Waals surface area (Å²) >= 11 is 1.70. The van der Waals surface area contributed by atoms with Gasteiger partial charge in [-0.2, -0.15) is 0 Å². The third-order valence-electron chi connectivity index (χ3n) is 4.17. The highest BCUT2D eigenvalue weighted by atomic mass is 32.2. The zero-order valence-corrected chi connectivity index (χ0v) is 14.3. The van der Waals surface area contributed by atoms with E-state index < -0.39 is 0 Å². The first-order valence-electron chi connectivity index (χ1n) is 8.12. The largest absolute Gasteiger partial charge is 0.469 e. The number of hydrogen-bond donors (Lipinski definition) is 0. The maximum absolute atomic E-state index is 5.73. The molecule has 1 atom stereocenters. The minimum atomic E-state index is 0.315. The lowest BCUT2D eigenvalue weighted by atomic mass is 10.2. The molecule has 0 saturated carbocycles. The normalized spacial score (nSPS) is 17.5. The average molecular weight is 341 g/mol. The first kappa shape index (κ1) is 15.5. The standard InChI is InChI=1S/C18H19N3O2S/c1-13-16(9-11-22-13)17-19-20-18(24-12-15-8-5-10-23-15)21(17)14-6-3-2-4-7-14/h2-4,6-7,9,11,15H,5,8,10,12H2,1H3/t15-/m0/s1. The molecule has 2 aromatic heterocycles. The first-order chi connectivity index (χ1) is 11.8. The molecule has 0 N–H and O–H groups in total. The van der Waals surface area contributed by atoms with Gasteiger partial charge in [-0.25, -0.2) is 0 Å². The number of rotatable bonds is 5. The van der Waals surface area contributed by atoms with Crippen molar-refractivity contribution < 1.29 is 9.15 Å². The second-order valence-corrected chi connectivity index (χ2v) is 6.80. The van der Waals surface area contributed by atoms with Crippen molar-refractivity contribution in [2.45, 2.75) is 31.0 Å². The van der Waals surface area contributed by atoms with Gasteiger partial charge in [-0.1, -0.05) is 30.0 Å². The number of furan rings is 1. The molecule has 0 radical (unpaired) electrons. The number of ether oxygens (including phenoxy) is 1. The molecular weight excluding hydrogens is 322 g/mol. The van der Waals surface area contributed by atoms with Crippen LogP contribution in [0.5, 0.6) is 0 Å². The van der Waals surface area contributed by atoms with E-state index in [1.54, 1.807) is 18.0 Å². The molecule has 1 fully saturated rings. The van der Waals surface area contributed by atoms with Crippen molar-refractivity contribution in [3.8, 4) is 17.1 Å². The summed E-state index contributed by atoms with van der Waals surface area (Å²) in [6.45, 7) is 2.81. The van der Waals surface area contributed by atoms with Gasteiger partial charge in [-0.05, 0) is 38.0 Å². The minimum absolute atomic E-state index is 0.315. The van der Waals surface area contributed by atoms with Gasteiger partial charge in [0.1, 0.15) is 5.76 Å².